The summed E-state index contributed by atoms with van der Waals surface area (Å²) in [6, 6.07) is 11.3. The molecule has 0 fully saturated rings. The minimum absolute atomic E-state index is 0.534. The fourth-order valence-electron chi connectivity index (χ4n) is 1.85. The number of anilines is 1. The van der Waals surface area contributed by atoms with Crippen molar-refractivity contribution in [3.8, 4) is 0 Å². The van der Waals surface area contributed by atoms with E-state index in [-0.39, 0.29) is 0 Å². The van der Waals surface area contributed by atoms with Gasteiger partial charge in [-0.1, -0.05) is 6.07 Å². The Morgan fingerprint density at radius 3 is 2.95 bits per heavy atom. The predicted octanol–water partition coefficient (Wildman–Crippen LogP) is 2.62. The lowest BCUT2D eigenvalue weighted by atomic mass is 10.3. The molecule has 20 heavy (non-hydrogen) atoms. The highest BCUT2D eigenvalue weighted by Gasteiger charge is 2.11. The van der Waals surface area contributed by atoms with E-state index in [1.54, 1.807) is 6.20 Å². The summed E-state index contributed by atoms with van der Waals surface area (Å²) in [6.45, 7) is 0. The van der Waals surface area contributed by atoms with Gasteiger partial charge in [0.05, 0.1) is 21.0 Å². The van der Waals surface area contributed by atoms with Crippen LogP contribution in [0.25, 0.3) is 10.2 Å². The van der Waals surface area contributed by atoms with E-state index in [4.69, 9.17) is 5.73 Å². The molecule has 0 radical (unpaired) electrons. The first-order chi connectivity index (χ1) is 9.72. The lowest BCUT2D eigenvalue weighted by Gasteiger charge is -1.98. The monoisotopic (exact) mass is 303 g/mol. The maximum absolute atomic E-state index is 12.3. The Bertz CT molecular complexity index is 755. The molecule has 0 amide bonds. The maximum atomic E-state index is 12.3. The van der Waals surface area contributed by atoms with Crippen LogP contribution in [0.5, 0.6) is 0 Å². The number of pyridine rings is 1. The molecule has 2 heterocycles. The molecule has 0 spiro atoms. The molecule has 0 saturated heterocycles. The molecular formula is C14H13N3OS2. The number of rotatable bonds is 4. The first-order valence-electron chi connectivity index (χ1n) is 6.17. The van der Waals surface area contributed by atoms with E-state index in [1.165, 1.54) is 11.3 Å². The Balaban J connectivity index is 1.75. The zero-order valence-corrected chi connectivity index (χ0v) is 12.3. The molecule has 3 aromatic rings. The van der Waals surface area contributed by atoms with Gasteiger partial charge in [0.1, 0.15) is 0 Å². The number of nitrogens with two attached hydrogens (primary N) is 1. The quantitative estimate of drug-likeness (QED) is 0.752. The number of nitrogen functional groups attached to an aromatic ring is 1. The third kappa shape index (κ3) is 2.86. The highest BCUT2D eigenvalue weighted by Crippen LogP contribution is 2.26. The van der Waals surface area contributed by atoms with Crippen molar-refractivity contribution < 1.29 is 4.21 Å². The number of aromatic nitrogens is 2. The van der Waals surface area contributed by atoms with E-state index in [1.807, 2.05) is 36.4 Å². The highest BCUT2D eigenvalue weighted by molar-refractivity contribution is 7.87. The molecule has 2 N–H and O–H groups in total. The average Bonchev–Trinajstić information content (AvgIpc) is 2.89. The summed E-state index contributed by atoms with van der Waals surface area (Å²) in [5.74, 6) is 0.534. The molecule has 0 saturated carbocycles. The zero-order valence-electron chi connectivity index (χ0n) is 10.7. The number of hydrogen-bond donors (Lipinski definition) is 1. The Labute approximate surface area is 123 Å². The Kier molecular flexibility index (Phi) is 3.75. The second-order valence-corrected chi connectivity index (χ2v) is 7.10. The van der Waals surface area contributed by atoms with Crippen molar-refractivity contribution in [2.45, 2.75) is 10.8 Å². The molecule has 2 aromatic heterocycles. The van der Waals surface area contributed by atoms with Crippen molar-refractivity contribution in [3.63, 3.8) is 0 Å². The van der Waals surface area contributed by atoms with Crippen LogP contribution in [0.4, 0.5) is 5.69 Å². The van der Waals surface area contributed by atoms with Crippen LogP contribution in [0, 0.1) is 0 Å². The molecule has 0 aliphatic rings. The average molecular weight is 303 g/mol. The molecular weight excluding hydrogens is 290 g/mol. The van der Waals surface area contributed by atoms with Crippen molar-refractivity contribution in [2.24, 2.45) is 0 Å². The van der Waals surface area contributed by atoms with Crippen molar-refractivity contribution in [1.29, 1.82) is 0 Å². The number of nitrogens with zero attached hydrogens (tertiary/aromatic N) is 2. The van der Waals surface area contributed by atoms with Crippen LogP contribution >= 0.6 is 11.3 Å². The highest BCUT2D eigenvalue weighted by atomic mass is 32.2. The number of fused-ring (bicyclic) bond motifs is 1. The summed E-state index contributed by atoms with van der Waals surface area (Å²) in [5.41, 5.74) is 8.24. The number of thiazole rings is 1. The summed E-state index contributed by atoms with van der Waals surface area (Å²) in [7, 11) is -1.10. The van der Waals surface area contributed by atoms with Crippen molar-refractivity contribution in [2.75, 3.05) is 11.5 Å². The number of aryl methyl sites for hydroxylation is 1. The normalized spacial score (nSPS) is 12.6. The van der Waals surface area contributed by atoms with Gasteiger partial charge >= 0.3 is 0 Å². The summed E-state index contributed by atoms with van der Waals surface area (Å²) in [4.78, 5) is 8.64. The van der Waals surface area contributed by atoms with E-state index >= 15 is 0 Å². The molecule has 0 bridgehead atoms. The van der Waals surface area contributed by atoms with Gasteiger partial charge in [0, 0.05) is 29.8 Å². The van der Waals surface area contributed by atoms with Gasteiger partial charge < -0.3 is 5.73 Å². The molecule has 0 aliphatic heterocycles. The maximum Gasteiger partial charge on any atom is 0.181 e. The van der Waals surface area contributed by atoms with Crippen molar-refractivity contribution in [1.82, 2.24) is 9.97 Å². The molecule has 0 aliphatic carbocycles. The van der Waals surface area contributed by atoms with Crippen molar-refractivity contribution >= 4 is 38.0 Å². The van der Waals surface area contributed by atoms with Gasteiger partial charge in [-0.05, 0) is 30.3 Å². The molecule has 6 heteroatoms. The third-order valence-electron chi connectivity index (χ3n) is 2.86. The predicted molar refractivity (Wildman–Crippen MR) is 83.2 cm³/mol. The first-order valence-corrected chi connectivity index (χ1v) is 8.30. The first kappa shape index (κ1) is 13.2. The van der Waals surface area contributed by atoms with Gasteiger partial charge in [0.25, 0.3) is 0 Å². The van der Waals surface area contributed by atoms with Gasteiger partial charge in [0.2, 0.25) is 0 Å². The van der Waals surface area contributed by atoms with Gasteiger partial charge in [-0.2, -0.15) is 0 Å². The van der Waals surface area contributed by atoms with Gasteiger partial charge in [-0.3, -0.25) is 9.19 Å². The smallest absolute Gasteiger partial charge is 0.181 e. The Morgan fingerprint density at radius 2 is 2.15 bits per heavy atom. The third-order valence-corrected chi connectivity index (χ3v) is 5.53. The summed E-state index contributed by atoms with van der Waals surface area (Å²) < 4.78 is 13.9. The second-order valence-electron chi connectivity index (χ2n) is 4.33. The van der Waals surface area contributed by atoms with E-state index < -0.39 is 10.8 Å². The topological polar surface area (TPSA) is 68.9 Å². The van der Waals surface area contributed by atoms with E-state index in [2.05, 4.69) is 9.97 Å². The minimum atomic E-state index is -1.10. The van der Waals surface area contributed by atoms with Crippen LogP contribution in [0.3, 0.4) is 0 Å². The largest absolute Gasteiger partial charge is 0.399 e. The molecule has 1 unspecified atom stereocenters. The summed E-state index contributed by atoms with van der Waals surface area (Å²) >= 11 is 1.44. The van der Waals surface area contributed by atoms with E-state index in [9.17, 15) is 4.21 Å². The van der Waals surface area contributed by atoms with Crippen molar-refractivity contribution in [3.05, 3.63) is 48.3 Å². The summed E-state index contributed by atoms with van der Waals surface area (Å²) in [6.07, 6.45) is 2.43. The summed E-state index contributed by atoms with van der Waals surface area (Å²) in [5, 5.41) is 0. The Morgan fingerprint density at radius 1 is 1.25 bits per heavy atom. The lowest BCUT2D eigenvalue weighted by molar-refractivity contribution is 0.681. The molecule has 1 atom stereocenters. The van der Waals surface area contributed by atoms with Crippen LogP contribution in [0.2, 0.25) is 0 Å². The number of hydrogen-bond acceptors (Lipinski definition) is 5. The van der Waals surface area contributed by atoms with Crippen LogP contribution in [0.15, 0.2) is 46.9 Å². The van der Waals surface area contributed by atoms with Crippen LogP contribution in [-0.2, 0) is 17.2 Å². The minimum Gasteiger partial charge on any atom is -0.399 e. The van der Waals surface area contributed by atoms with Gasteiger partial charge in [-0.15, -0.1) is 11.3 Å². The van der Waals surface area contributed by atoms with E-state index in [0.29, 0.717) is 22.2 Å². The standard InChI is InChI=1S/C14H13N3OS2/c15-10-4-5-12-13(9-10)19-14(17-12)20(18)8-6-11-3-1-2-7-16-11/h1-5,7,9H,6,8,15H2. The lowest BCUT2D eigenvalue weighted by Crippen LogP contribution is -2.02. The van der Waals surface area contributed by atoms with Crippen LogP contribution < -0.4 is 5.73 Å². The second kappa shape index (κ2) is 5.68. The number of benzene rings is 1. The fraction of sp³-hybridized carbons (Fsp3) is 0.143. The van der Waals surface area contributed by atoms with E-state index in [0.717, 1.165) is 15.9 Å². The molecule has 1 aromatic carbocycles. The molecule has 4 nitrogen and oxygen atoms in total. The Hall–Kier alpha value is -1.79. The van der Waals surface area contributed by atoms with Crippen LogP contribution in [-0.4, -0.2) is 19.9 Å². The zero-order chi connectivity index (χ0) is 13.9. The van der Waals surface area contributed by atoms with Crippen LogP contribution in [0.1, 0.15) is 5.69 Å². The molecule has 3 rings (SSSR count). The molecule has 102 valence electrons. The SMILES string of the molecule is Nc1ccc2nc(S(=O)CCc3ccccn3)sc2c1. The van der Waals surface area contributed by atoms with Gasteiger partial charge in [-0.25, -0.2) is 4.98 Å². The van der Waals surface area contributed by atoms with Gasteiger partial charge in [0.15, 0.2) is 4.34 Å². The fourth-order valence-corrected chi connectivity index (χ4v) is 4.25.